The minimum absolute atomic E-state index is 0.197. The largest absolute Gasteiger partial charge is 0.313 e. The quantitative estimate of drug-likeness (QED) is 0.844. The lowest BCUT2D eigenvalue weighted by molar-refractivity contribution is 0.628. The second kappa shape index (κ2) is 5.60. The van der Waals surface area contributed by atoms with Crippen LogP contribution in [0.3, 0.4) is 0 Å². The Morgan fingerprint density at radius 1 is 0.882 bits per heavy atom. The molecule has 0 radical (unpaired) electrons. The predicted molar refractivity (Wildman–Crippen MR) is 69.2 cm³/mol. The van der Waals surface area contributed by atoms with Crippen LogP contribution in [-0.4, -0.2) is 6.54 Å². The van der Waals surface area contributed by atoms with Crippen LogP contribution in [0.1, 0.15) is 12.5 Å². The second-order valence-corrected chi connectivity index (χ2v) is 3.98. The van der Waals surface area contributed by atoms with Gasteiger partial charge in [0, 0.05) is 6.54 Å². The van der Waals surface area contributed by atoms with Gasteiger partial charge in [-0.25, -0.2) is 4.39 Å². The van der Waals surface area contributed by atoms with Crippen LogP contribution >= 0.6 is 0 Å². The molecule has 2 heteroatoms. The number of benzene rings is 2. The number of hydrogen-bond donors (Lipinski definition) is 1. The Balaban J connectivity index is 2.14. The molecule has 0 aliphatic heterocycles. The summed E-state index contributed by atoms with van der Waals surface area (Å²) < 4.78 is 12.8. The Morgan fingerprint density at radius 3 is 1.94 bits per heavy atom. The van der Waals surface area contributed by atoms with E-state index in [0.29, 0.717) is 0 Å². The molecule has 0 aliphatic rings. The molecule has 17 heavy (non-hydrogen) atoms. The fraction of sp³-hybridized carbons (Fsp3) is 0.200. The van der Waals surface area contributed by atoms with Crippen molar-refractivity contribution in [1.82, 2.24) is 5.32 Å². The lowest BCUT2D eigenvalue weighted by Crippen LogP contribution is -2.11. The summed E-state index contributed by atoms with van der Waals surface area (Å²) in [6.07, 6.45) is 0. The number of halogens is 1. The topological polar surface area (TPSA) is 12.0 Å². The van der Waals surface area contributed by atoms with Crippen LogP contribution in [0.15, 0.2) is 48.5 Å². The summed E-state index contributed by atoms with van der Waals surface area (Å²) >= 11 is 0. The zero-order valence-electron chi connectivity index (χ0n) is 9.91. The van der Waals surface area contributed by atoms with Gasteiger partial charge in [-0.2, -0.15) is 0 Å². The summed E-state index contributed by atoms with van der Waals surface area (Å²) in [6, 6.07) is 14.9. The number of nitrogens with one attached hydrogen (secondary N) is 1. The summed E-state index contributed by atoms with van der Waals surface area (Å²) in [5.41, 5.74) is 3.42. The molecule has 2 rings (SSSR count). The first-order valence-electron chi connectivity index (χ1n) is 5.85. The third kappa shape index (κ3) is 3.14. The van der Waals surface area contributed by atoms with E-state index in [9.17, 15) is 4.39 Å². The van der Waals surface area contributed by atoms with Gasteiger partial charge in [0.25, 0.3) is 0 Å². The molecule has 0 amide bonds. The first-order valence-corrected chi connectivity index (χ1v) is 5.85. The Labute approximate surface area is 101 Å². The standard InChI is InChI=1S/C15H16FN/c1-2-17-11-12-3-5-13(6-4-12)14-7-9-15(16)10-8-14/h3-10,17H,2,11H2,1H3. The SMILES string of the molecule is CCNCc1ccc(-c2ccc(F)cc2)cc1. The van der Waals surface area contributed by atoms with Crippen LogP contribution in [0, 0.1) is 5.82 Å². The van der Waals surface area contributed by atoms with Gasteiger partial charge in [-0.15, -0.1) is 0 Å². The van der Waals surface area contributed by atoms with Gasteiger partial charge < -0.3 is 5.32 Å². The van der Waals surface area contributed by atoms with E-state index in [0.717, 1.165) is 24.2 Å². The smallest absolute Gasteiger partial charge is 0.123 e. The Kier molecular flexibility index (Phi) is 3.89. The molecule has 0 heterocycles. The van der Waals surface area contributed by atoms with Crippen LogP contribution in [0.25, 0.3) is 11.1 Å². The second-order valence-electron chi connectivity index (χ2n) is 3.98. The highest BCUT2D eigenvalue weighted by atomic mass is 19.1. The molecule has 0 unspecified atom stereocenters. The highest BCUT2D eigenvalue weighted by molar-refractivity contribution is 5.63. The van der Waals surface area contributed by atoms with Crippen molar-refractivity contribution < 1.29 is 4.39 Å². The summed E-state index contributed by atoms with van der Waals surface area (Å²) in [6.45, 7) is 3.95. The van der Waals surface area contributed by atoms with Gasteiger partial charge in [-0.3, -0.25) is 0 Å². The average Bonchev–Trinajstić information content (AvgIpc) is 2.38. The Hall–Kier alpha value is -1.67. The zero-order valence-corrected chi connectivity index (χ0v) is 9.91. The third-order valence-electron chi connectivity index (χ3n) is 2.71. The van der Waals surface area contributed by atoms with Gasteiger partial charge in [0.15, 0.2) is 0 Å². The summed E-state index contributed by atoms with van der Waals surface area (Å²) in [4.78, 5) is 0. The monoisotopic (exact) mass is 229 g/mol. The van der Waals surface area contributed by atoms with Crippen molar-refractivity contribution in [3.05, 3.63) is 59.9 Å². The molecule has 0 fully saturated rings. The number of hydrogen-bond acceptors (Lipinski definition) is 1. The molecular weight excluding hydrogens is 213 g/mol. The van der Waals surface area contributed by atoms with Crippen LogP contribution in [0.4, 0.5) is 4.39 Å². The molecule has 0 saturated carbocycles. The summed E-state index contributed by atoms with van der Waals surface area (Å²) in [5, 5.41) is 3.28. The summed E-state index contributed by atoms with van der Waals surface area (Å²) in [5.74, 6) is -0.197. The zero-order chi connectivity index (χ0) is 12.1. The first kappa shape index (κ1) is 11.8. The van der Waals surface area contributed by atoms with Crippen molar-refractivity contribution in [3.63, 3.8) is 0 Å². The maximum absolute atomic E-state index is 12.8. The van der Waals surface area contributed by atoms with Crippen LogP contribution in [0.5, 0.6) is 0 Å². The minimum atomic E-state index is -0.197. The van der Waals surface area contributed by atoms with Crippen molar-refractivity contribution in [2.75, 3.05) is 6.54 Å². The molecule has 2 aromatic rings. The number of rotatable bonds is 4. The van der Waals surface area contributed by atoms with E-state index in [1.807, 2.05) is 0 Å². The molecule has 2 aromatic carbocycles. The maximum Gasteiger partial charge on any atom is 0.123 e. The van der Waals surface area contributed by atoms with Crippen LogP contribution in [-0.2, 0) is 6.54 Å². The van der Waals surface area contributed by atoms with E-state index in [-0.39, 0.29) is 5.82 Å². The van der Waals surface area contributed by atoms with Gasteiger partial charge in [0.1, 0.15) is 5.82 Å². The molecule has 88 valence electrons. The summed E-state index contributed by atoms with van der Waals surface area (Å²) in [7, 11) is 0. The normalized spacial score (nSPS) is 10.5. The molecule has 0 saturated heterocycles. The van der Waals surface area contributed by atoms with Gasteiger partial charge in [0.2, 0.25) is 0 Å². The van der Waals surface area contributed by atoms with Gasteiger partial charge in [0.05, 0.1) is 0 Å². The highest BCUT2D eigenvalue weighted by Crippen LogP contribution is 2.19. The van der Waals surface area contributed by atoms with Crippen molar-refractivity contribution in [1.29, 1.82) is 0 Å². The molecule has 0 spiro atoms. The van der Waals surface area contributed by atoms with E-state index in [2.05, 4.69) is 36.5 Å². The van der Waals surface area contributed by atoms with E-state index >= 15 is 0 Å². The van der Waals surface area contributed by atoms with Crippen LogP contribution in [0.2, 0.25) is 0 Å². The molecule has 1 N–H and O–H groups in total. The molecule has 0 bridgehead atoms. The molecule has 0 atom stereocenters. The van der Waals surface area contributed by atoms with Crippen molar-refractivity contribution in [2.24, 2.45) is 0 Å². The van der Waals surface area contributed by atoms with Crippen molar-refractivity contribution in [3.8, 4) is 11.1 Å². The maximum atomic E-state index is 12.8. The molecular formula is C15H16FN. The van der Waals surface area contributed by atoms with E-state index in [1.54, 1.807) is 12.1 Å². The average molecular weight is 229 g/mol. The van der Waals surface area contributed by atoms with Gasteiger partial charge in [-0.1, -0.05) is 43.3 Å². The fourth-order valence-electron chi connectivity index (χ4n) is 1.73. The van der Waals surface area contributed by atoms with Gasteiger partial charge in [-0.05, 0) is 35.4 Å². The fourth-order valence-corrected chi connectivity index (χ4v) is 1.73. The third-order valence-corrected chi connectivity index (χ3v) is 2.71. The van der Waals surface area contributed by atoms with Crippen molar-refractivity contribution in [2.45, 2.75) is 13.5 Å². The molecule has 0 aromatic heterocycles. The van der Waals surface area contributed by atoms with E-state index < -0.39 is 0 Å². The van der Waals surface area contributed by atoms with Gasteiger partial charge >= 0.3 is 0 Å². The van der Waals surface area contributed by atoms with Crippen molar-refractivity contribution >= 4 is 0 Å². The van der Waals surface area contributed by atoms with Crippen LogP contribution < -0.4 is 5.32 Å². The lowest BCUT2D eigenvalue weighted by atomic mass is 10.0. The molecule has 1 nitrogen and oxygen atoms in total. The first-order chi connectivity index (χ1) is 8.29. The van der Waals surface area contributed by atoms with E-state index in [4.69, 9.17) is 0 Å². The Morgan fingerprint density at radius 2 is 1.41 bits per heavy atom. The minimum Gasteiger partial charge on any atom is -0.313 e. The molecule has 0 aliphatic carbocycles. The lowest BCUT2D eigenvalue weighted by Gasteiger charge is -2.05. The highest BCUT2D eigenvalue weighted by Gasteiger charge is 1.98. The predicted octanol–water partition coefficient (Wildman–Crippen LogP) is 3.60. The van der Waals surface area contributed by atoms with E-state index in [1.165, 1.54) is 17.7 Å². The Bertz CT molecular complexity index is 459.